The minimum atomic E-state index is -0.541. The van der Waals surface area contributed by atoms with E-state index in [1.807, 2.05) is 66.9 Å². The summed E-state index contributed by atoms with van der Waals surface area (Å²) in [7, 11) is 1.44. The number of hydrogen-bond donors (Lipinski definition) is 1. The zero-order valence-electron chi connectivity index (χ0n) is 14.5. The number of anilines is 1. The van der Waals surface area contributed by atoms with Gasteiger partial charge in [0.05, 0.1) is 13.2 Å². The molecule has 0 fully saturated rings. The fraction of sp³-hybridized carbons (Fsp3) is 0.136. The molecule has 0 saturated carbocycles. The van der Waals surface area contributed by atoms with E-state index < -0.39 is 6.04 Å². The standard InChI is InChI=1S/C22H20N2O2/c1-26-22(25)21(17-9-3-2-4-10-17)24-19-12-6-5-8-16(19)13-14-20(24)18-11-7-15-23-18/h2-15,20-21,23H,1H3/t20-,21+/m1/s1. The lowest BCUT2D eigenvalue weighted by Gasteiger charge is -2.40. The van der Waals surface area contributed by atoms with Gasteiger partial charge < -0.3 is 14.6 Å². The predicted molar refractivity (Wildman–Crippen MR) is 103 cm³/mol. The molecule has 0 aliphatic carbocycles. The summed E-state index contributed by atoms with van der Waals surface area (Å²) in [5.74, 6) is -0.280. The van der Waals surface area contributed by atoms with Crippen molar-refractivity contribution in [3.63, 3.8) is 0 Å². The third-order valence-corrected chi connectivity index (χ3v) is 4.73. The third-order valence-electron chi connectivity index (χ3n) is 4.73. The lowest BCUT2D eigenvalue weighted by molar-refractivity contribution is -0.142. The lowest BCUT2D eigenvalue weighted by atomic mass is 9.95. The number of H-pyrrole nitrogens is 1. The van der Waals surface area contributed by atoms with Crippen LogP contribution in [0.5, 0.6) is 0 Å². The Morgan fingerprint density at radius 1 is 1.04 bits per heavy atom. The molecular formula is C22H20N2O2. The largest absolute Gasteiger partial charge is 0.467 e. The summed E-state index contributed by atoms with van der Waals surface area (Å²) in [6.07, 6.45) is 6.13. The average Bonchev–Trinajstić information content (AvgIpc) is 3.23. The minimum absolute atomic E-state index is 0.0933. The molecular weight excluding hydrogens is 324 g/mol. The predicted octanol–water partition coefficient (Wildman–Crippen LogP) is 4.50. The zero-order chi connectivity index (χ0) is 17.9. The quantitative estimate of drug-likeness (QED) is 0.709. The molecule has 2 aromatic carbocycles. The van der Waals surface area contributed by atoms with E-state index in [1.165, 1.54) is 7.11 Å². The highest BCUT2D eigenvalue weighted by Crippen LogP contribution is 2.42. The number of fused-ring (bicyclic) bond motifs is 1. The number of carbonyl (C=O) groups excluding carboxylic acids is 1. The van der Waals surface area contributed by atoms with E-state index >= 15 is 0 Å². The van der Waals surface area contributed by atoms with Crippen LogP contribution in [0.2, 0.25) is 0 Å². The number of aromatic nitrogens is 1. The number of rotatable bonds is 4. The first-order valence-corrected chi connectivity index (χ1v) is 8.61. The molecule has 3 aromatic rings. The number of esters is 1. The Morgan fingerprint density at radius 2 is 1.81 bits per heavy atom. The van der Waals surface area contributed by atoms with Crippen LogP contribution in [-0.2, 0) is 9.53 Å². The van der Waals surface area contributed by atoms with Gasteiger partial charge in [0.25, 0.3) is 0 Å². The summed E-state index contributed by atoms with van der Waals surface area (Å²) in [4.78, 5) is 18.3. The Kier molecular flexibility index (Phi) is 4.32. The van der Waals surface area contributed by atoms with Crippen molar-refractivity contribution in [1.82, 2.24) is 4.98 Å². The van der Waals surface area contributed by atoms with Gasteiger partial charge in [-0.25, -0.2) is 4.79 Å². The molecule has 0 spiro atoms. The van der Waals surface area contributed by atoms with Crippen LogP contribution in [-0.4, -0.2) is 18.1 Å². The van der Waals surface area contributed by atoms with Crippen LogP contribution in [0.15, 0.2) is 79.0 Å². The highest BCUT2D eigenvalue weighted by Gasteiger charge is 2.36. The molecule has 1 aromatic heterocycles. The normalized spacial score (nSPS) is 16.8. The summed E-state index contributed by atoms with van der Waals surface area (Å²) in [6.45, 7) is 0. The van der Waals surface area contributed by atoms with Crippen molar-refractivity contribution in [3.8, 4) is 0 Å². The van der Waals surface area contributed by atoms with E-state index in [9.17, 15) is 4.79 Å². The molecule has 4 nitrogen and oxygen atoms in total. The molecule has 2 heterocycles. The number of methoxy groups -OCH3 is 1. The summed E-state index contributed by atoms with van der Waals surface area (Å²) < 4.78 is 5.19. The van der Waals surface area contributed by atoms with Crippen molar-refractivity contribution >= 4 is 17.7 Å². The van der Waals surface area contributed by atoms with Crippen molar-refractivity contribution in [2.75, 3.05) is 12.0 Å². The molecule has 1 aliphatic rings. The number of nitrogens with zero attached hydrogens (tertiary/aromatic N) is 1. The molecule has 4 heteroatoms. The van der Waals surface area contributed by atoms with Gasteiger partial charge in [-0.05, 0) is 29.3 Å². The molecule has 1 N–H and O–H groups in total. The summed E-state index contributed by atoms with van der Waals surface area (Å²) in [5.41, 5.74) is 4.02. The molecule has 0 saturated heterocycles. The Hall–Kier alpha value is -3.27. The van der Waals surface area contributed by atoms with Crippen molar-refractivity contribution in [2.24, 2.45) is 0 Å². The van der Waals surface area contributed by atoms with Gasteiger partial charge in [0.2, 0.25) is 0 Å². The monoisotopic (exact) mass is 344 g/mol. The molecule has 1 aliphatic heterocycles. The van der Waals surface area contributed by atoms with Gasteiger partial charge in [-0.3, -0.25) is 0 Å². The van der Waals surface area contributed by atoms with Crippen LogP contribution in [0.4, 0.5) is 5.69 Å². The molecule has 0 bridgehead atoms. The first-order chi connectivity index (χ1) is 12.8. The zero-order valence-corrected chi connectivity index (χ0v) is 14.5. The van der Waals surface area contributed by atoms with Crippen LogP contribution in [0, 0.1) is 0 Å². The highest BCUT2D eigenvalue weighted by atomic mass is 16.5. The van der Waals surface area contributed by atoms with Gasteiger partial charge >= 0.3 is 5.97 Å². The number of ether oxygens (including phenoxy) is 1. The molecule has 0 unspecified atom stereocenters. The fourth-order valence-corrected chi connectivity index (χ4v) is 3.54. The maximum atomic E-state index is 12.8. The van der Waals surface area contributed by atoms with E-state index in [4.69, 9.17) is 4.74 Å². The van der Waals surface area contributed by atoms with Crippen LogP contribution >= 0.6 is 0 Å². The average molecular weight is 344 g/mol. The molecule has 2 atom stereocenters. The number of carbonyl (C=O) groups is 1. The molecule has 26 heavy (non-hydrogen) atoms. The molecule has 0 amide bonds. The Balaban J connectivity index is 1.90. The smallest absolute Gasteiger partial charge is 0.333 e. The second-order valence-electron chi connectivity index (χ2n) is 6.23. The first-order valence-electron chi connectivity index (χ1n) is 8.61. The van der Waals surface area contributed by atoms with Crippen molar-refractivity contribution in [2.45, 2.75) is 12.1 Å². The van der Waals surface area contributed by atoms with Crippen LogP contribution in [0.1, 0.15) is 28.9 Å². The summed E-state index contributed by atoms with van der Waals surface area (Å²) in [6, 6.07) is 21.3. The van der Waals surface area contributed by atoms with Gasteiger partial charge in [0, 0.05) is 17.6 Å². The van der Waals surface area contributed by atoms with Gasteiger partial charge in [-0.15, -0.1) is 0 Å². The van der Waals surface area contributed by atoms with Crippen molar-refractivity contribution in [1.29, 1.82) is 0 Å². The maximum absolute atomic E-state index is 12.8. The summed E-state index contributed by atoms with van der Waals surface area (Å²) in [5, 5.41) is 0. The number of nitrogens with one attached hydrogen (secondary N) is 1. The first kappa shape index (κ1) is 16.2. The van der Waals surface area contributed by atoms with Gasteiger partial charge in [0.15, 0.2) is 6.04 Å². The van der Waals surface area contributed by atoms with Gasteiger partial charge in [-0.2, -0.15) is 0 Å². The number of hydrogen-bond acceptors (Lipinski definition) is 3. The van der Waals surface area contributed by atoms with E-state index in [1.54, 1.807) is 0 Å². The number of benzene rings is 2. The van der Waals surface area contributed by atoms with Gasteiger partial charge in [-0.1, -0.05) is 60.7 Å². The topological polar surface area (TPSA) is 45.3 Å². The van der Waals surface area contributed by atoms with E-state index in [-0.39, 0.29) is 12.0 Å². The van der Waals surface area contributed by atoms with E-state index in [2.05, 4.69) is 28.1 Å². The van der Waals surface area contributed by atoms with Crippen molar-refractivity contribution in [3.05, 3.63) is 95.8 Å². The molecule has 0 radical (unpaired) electrons. The van der Waals surface area contributed by atoms with Gasteiger partial charge in [0.1, 0.15) is 0 Å². The van der Waals surface area contributed by atoms with Crippen LogP contribution in [0.3, 0.4) is 0 Å². The number of aromatic amines is 1. The Bertz CT molecular complexity index is 916. The van der Waals surface area contributed by atoms with Crippen LogP contribution in [0.25, 0.3) is 6.08 Å². The summed E-state index contributed by atoms with van der Waals surface area (Å²) >= 11 is 0. The maximum Gasteiger partial charge on any atom is 0.333 e. The second-order valence-corrected chi connectivity index (χ2v) is 6.23. The second kappa shape index (κ2) is 6.92. The molecule has 130 valence electrons. The minimum Gasteiger partial charge on any atom is -0.467 e. The van der Waals surface area contributed by atoms with Crippen LogP contribution < -0.4 is 4.90 Å². The number of para-hydroxylation sites is 1. The van der Waals surface area contributed by atoms with E-state index in [0.717, 1.165) is 22.5 Å². The Morgan fingerprint density at radius 3 is 2.54 bits per heavy atom. The third kappa shape index (κ3) is 2.80. The molecule has 4 rings (SSSR count). The van der Waals surface area contributed by atoms with Crippen molar-refractivity contribution < 1.29 is 9.53 Å². The fourth-order valence-electron chi connectivity index (χ4n) is 3.54. The Labute approximate surface area is 152 Å². The SMILES string of the molecule is COC(=O)[C@H](c1ccccc1)N1c2ccccc2C=C[C@@H]1c1ccc[nH]1. The van der Waals surface area contributed by atoms with E-state index in [0.29, 0.717) is 0 Å². The highest BCUT2D eigenvalue weighted by molar-refractivity contribution is 5.85. The lowest BCUT2D eigenvalue weighted by Crippen LogP contribution is -2.39.